The van der Waals surface area contributed by atoms with E-state index < -0.39 is 0 Å². The lowest BCUT2D eigenvalue weighted by Crippen LogP contribution is -2.47. The first kappa shape index (κ1) is 37.0. The van der Waals surface area contributed by atoms with Crippen LogP contribution in [-0.2, 0) is 0 Å². The summed E-state index contributed by atoms with van der Waals surface area (Å²) in [6, 6.07) is 0. The van der Waals surface area contributed by atoms with Crippen molar-refractivity contribution in [3.05, 3.63) is 0 Å². The molecule has 0 aliphatic rings. The van der Waals surface area contributed by atoms with Crippen molar-refractivity contribution in [2.45, 2.75) is 226 Å². The Morgan fingerprint density at radius 3 is 0.892 bits per heavy atom. The van der Waals surface area contributed by atoms with Gasteiger partial charge in [0.2, 0.25) is 0 Å². The molecule has 0 radical (unpaired) electrons. The van der Waals surface area contributed by atoms with Crippen LogP contribution < -0.4 is 5.73 Å². The Kier molecular flexibility index (Phi) is 28.9. The molecule has 0 aromatic carbocycles. The Hall–Kier alpha value is -0.0400. The van der Waals surface area contributed by atoms with E-state index in [0.717, 1.165) is 5.92 Å². The Bertz CT molecular complexity index is 401. The first-order valence-electron chi connectivity index (χ1n) is 17.9. The average Bonchev–Trinajstić information content (AvgIpc) is 2.90. The molecule has 0 saturated heterocycles. The molecule has 0 bridgehead atoms. The van der Waals surface area contributed by atoms with Crippen LogP contribution in [0, 0.1) is 5.92 Å². The molecule has 0 aromatic heterocycles. The summed E-state index contributed by atoms with van der Waals surface area (Å²) in [7, 11) is 0. The summed E-state index contributed by atoms with van der Waals surface area (Å²) in [5.74, 6) is 0.755. The lowest BCUT2D eigenvalue weighted by atomic mass is 9.72. The highest BCUT2D eigenvalue weighted by molar-refractivity contribution is 4.91. The van der Waals surface area contributed by atoms with Crippen LogP contribution in [0.1, 0.15) is 220 Å². The molecule has 0 fully saturated rings. The number of hydrogen-bond donors (Lipinski definition) is 1. The van der Waals surface area contributed by atoms with E-state index in [1.54, 1.807) is 0 Å². The average molecular weight is 522 g/mol. The maximum atomic E-state index is 7.48. The molecule has 0 heterocycles. The molecule has 0 amide bonds. The minimum Gasteiger partial charge on any atom is -0.325 e. The molecule has 2 N–H and O–H groups in total. The summed E-state index contributed by atoms with van der Waals surface area (Å²) in [4.78, 5) is 0. The van der Waals surface area contributed by atoms with E-state index >= 15 is 0 Å². The van der Waals surface area contributed by atoms with Gasteiger partial charge in [-0.15, -0.1) is 0 Å². The molecule has 0 rings (SSSR count). The second-order valence-corrected chi connectivity index (χ2v) is 12.8. The first-order valence-corrected chi connectivity index (χ1v) is 17.9. The summed E-state index contributed by atoms with van der Waals surface area (Å²) < 4.78 is 0. The molecule has 37 heavy (non-hydrogen) atoms. The van der Waals surface area contributed by atoms with Gasteiger partial charge in [-0.25, -0.2) is 0 Å². The fourth-order valence-electron chi connectivity index (χ4n) is 6.42. The van der Waals surface area contributed by atoms with Gasteiger partial charge in [-0.1, -0.05) is 195 Å². The minimum absolute atomic E-state index is 0.0973. The minimum atomic E-state index is 0.0973. The topological polar surface area (TPSA) is 26.0 Å². The summed E-state index contributed by atoms with van der Waals surface area (Å²) in [5, 5.41) is 0. The molecular weight excluding hydrogens is 446 g/mol. The van der Waals surface area contributed by atoms with Gasteiger partial charge in [-0.3, -0.25) is 0 Å². The van der Waals surface area contributed by atoms with Gasteiger partial charge < -0.3 is 5.73 Å². The quantitative estimate of drug-likeness (QED) is 0.0901. The number of unbranched alkanes of at least 4 members (excludes halogenated alkanes) is 22. The van der Waals surface area contributed by atoms with Crippen molar-refractivity contribution in [1.29, 1.82) is 0 Å². The molecular formula is C36H75N. The van der Waals surface area contributed by atoms with Gasteiger partial charge >= 0.3 is 0 Å². The van der Waals surface area contributed by atoms with Crippen molar-refractivity contribution >= 4 is 0 Å². The number of rotatable bonds is 31. The third-order valence-electron chi connectivity index (χ3n) is 9.12. The zero-order valence-electron chi connectivity index (χ0n) is 26.9. The lowest BCUT2D eigenvalue weighted by Gasteiger charge is -2.39. The van der Waals surface area contributed by atoms with Gasteiger partial charge in [0.15, 0.2) is 0 Å². The first-order chi connectivity index (χ1) is 18.1. The standard InChI is InChI=1S/C36H75N/c1-5-9-13-17-21-22-24-28-32-35(31-27-23-18-14-10-6-2)36(37,33-29-25-19-15-11-7-3)34-30-26-20-16-12-8-4/h35H,5-34,37H2,1-4H3. The van der Waals surface area contributed by atoms with E-state index in [9.17, 15) is 0 Å². The highest BCUT2D eigenvalue weighted by Gasteiger charge is 2.33. The van der Waals surface area contributed by atoms with Crippen molar-refractivity contribution in [3.63, 3.8) is 0 Å². The van der Waals surface area contributed by atoms with Gasteiger partial charge in [0.05, 0.1) is 0 Å². The Balaban J connectivity index is 4.89. The summed E-state index contributed by atoms with van der Waals surface area (Å²) >= 11 is 0. The number of hydrogen-bond acceptors (Lipinski definition) is 1. The van der Waals surface area contributed by atoms with Gasteiger partial charge in [0, 0.05) is 5.54 Å². The molecule has 1 nitrogen and oxygen atoms in total. The molecule has 1 atom stereocenters. The van der Waals surface area contributed by atoms with Gasteiger partial charge in [-0.2, -0.15) is 0 Å². The molecule has 0 saturated carbocycles. The fourth-order valence-corrected chi connectivity index (χ4v) is 6.42. The van der Waals surface area contributed by atoms with Crippen LogP contribution in [0.5, 0.6) is 0 Å². The van der Waals surface area contributed by atoms with Crippen LogP contribution in [0.25, 0.3) is 0 Å². The Morgan fingerprint density at radius 1 is 0.351 bits per heavy atom. The zero-order chi connectivity index (χ0) is 27.3. The third-order valence-corrected chi connectivity index (χ3v) is 9.12. The van der Waals surface area contributed by atoms with Crippen molar-refractivity contribution in [1.82, 2.24) is 0 Å². The lowest BCUT2D eigenvalue weighted by molar-refractivity contribution is 0.189. The Morgan fingerprint density at radius 2 is 0.595 bits per heavy atom. The SMILES string of the molecule is CCCCCCCCCCC(CCCCCCCC)C(N)(CCCCCCCC)CCCCCCCC. The van der Waals surface area contributed by atoms with E-state index in [0.29, 0.717) is 0 Å². The van der Waals surface area contributed by atoms with Crippen LogP contribution in [0.3, 0.4) is 0 Å². The summed E-state index contributed by atoms with van der Waals surface area (Å²) in [6.07, 6.45) is 42.0. The Labute approximate surface area is 237 Å². The molecule has 1 unspecified atom stereocenters. The predicted molar refractivity (Wildman–Crippen MR) is 172 cm³/mol. The van der Waals surface area contributed by atoms with Crippen molar-refractivity contribution < 1.29 is 0 Å². The van der Waals surface area contributed by atoms with Crippen LogP contribution in [-0.4, -0.2) is 5.54 Å². The van der Waals surface area contributed by atoms with Gasteiger partial charge in [0.25, 0.3) is 0 Å². The second-order valence-electron chi connectivity index (χ2n) is 12.8. The highest BCUT2D eigenvalue weighted by Crippen LogP contribution is 2.35. The molecule has 0 aliphatic carbocycles. The smallest absolute Gasteiger partial charge is 0.0182 e. The van der Waals surface area contributed by atoms with Crippen LogP contribution in [0.15, 0.2) is 0 Å². The van der Waals surface area contributed by atoms with Crippen molar-refractivity contribution in [3.8, 4) is 0 Å². The normalized spacial score (nSPS) is 12.9. The third kappa shape index (κ3) is 23.6. The molecule has 0 spiro atoms. The molecule has 0 aliphatic heterocycles. The summed E-state index contributed by atoms with van der Waals surface area (Å²) in [5.41, 5.74) is 7.58. The number of nitrogens with two attached hydrogens (primary N) is 1. The maximum absolute atomic E-state index is 7.48. The van der Waals surface area contributed by atoms with E-state index in [2.05, 4.69) is 27.7 Å². The fraction of sp³-hybridized carbons (Fsp3) is 1.00. The molecule has 1 heteroatoms. The van der Waals surface area contributed by atoms with Crippen LogP contribution in [0.2, 0.25) is 0 Å². The highest BCUT2D eigenvalue weighted by atomic mass is 14.8. The largest absolute Gasteiger partial charge is 0.325 e. The van der Waals surface area contributed by atoms with Crippen LogP contribution in [0.4, 0.5) is 0 Å². The second kappa shape index (κ2) is 29.0. The molecule has 224 valence electrons. The summed E-state index contributed by atoms with van der Waals surface area (Å²) in [6.45, 7) is 9.29. The van der Waals surface area contributed by atoms with Gasteiger partial charge in [-0.05, 0) is 31.6 Å². The van der Waals surface area contributed by atoms with Crippen molar-refractivity contribution in [2.24, 2.45) is 11.7 Å². The maximum Gasteiger partial charge on any atom is 0.0182 e. The van der Waals surface area contributed by atoms with E-state index in [1.807, 2.05) is 0 Å². The van der Waals surface area contributed by atoms with E-state index in [1.165, 1.54) is 193 Å². The zero-order valence-corrected chi connectivity index (χ0v) is 26.9. The van der Waals surface area contributed by atoms with Gasteiger partial charge in [0.1, 0.15) is 0 Å². The van der Waals surface area contributed by atoms with E-state index in [-0.39, 0.29) is 5.54 Å². The van der Waals surface area contributed by atoms with Crippen molar-refractivity contribution in [2.75, 3.05) is 0 Å². The van der Waals surface area contributed by atoms with Crippen LogP contribution >= 0.6 is 0 Å². The monoisotopic (exact) mass is 522 g/mol. The predicted octanol–water partition coefficient (Wildman–Crippen LogP) is 13.1. The van der Waals surface area contributed by atoms with E-state index in [4.69, 9.17) is 5.73 Å². The molecule has 0 aromatic rings.